The number of primary sulfonamides is 1. The van der Waals surface area contributed by atoms with Crippen LogP contribution in [0.4, 0.5) is 14.5 Å². The van der Waals surface area contributed by atoms with Gasteiger partial charge >= 0.3 is 0 Å². The molecule has 0 saturated heterocycles. The molecule has 84 valence electrons. The molecule has 1 rings (SSSR count). The second-order valence-corrected chi connectivity index (χ2v) is 4.18. The number of sulfonamides is 1. The Morgan fingerprint density at radius 2 is 1.93 bits per heavy atom. The van der Waals surface area contributed by atoms with Gasteiger partial charge in [0.25, 0.3) is 6.43 Å². The van der Waals surface area contributed by atoms with Crippen molar-refractivity contribution in [2.45, 2.75) is 11.3 Å². The molecule has 0 radical (unpaired) electrons. The summed E-state index contributed by atoms with van der Waals surface area (Å²) in [6.45, 7) is 0. The highest BCUT2D eigenvalue weighted by molar-refractivity contribution is 7.89. The van der Waals surface area contributed by atoms with Gasteiger partial charge in [-0.05, 0) is 0 Å². The molecule has 1 aromatic heterocycles. The fraction of sp³-hybridized carbons (Fsp3) is 0.167. The predicted octanol–water partition coefficient (Wildman–Crippen LogP) is -0.458. The zero-order valence-electron chi connectivity index (χ0n) is 7.20. The topological polar surface area (TPSA) is 119 Å². The van der Waals surface area contributed by atoms with E-state index in [1.165, 1.54) is 0 Å². The first kappa shape index (κ1) is 11.6. The predicted molar refractivity (Wildman–Crippen MR) is 47.8 cm³/mol. The molecule has 0 saturated carbocycles. The molecule has 0 aliphatic rings. The van der Waals surface area contributed by atoms with Crippen LogP contribution in [0, 0.1) is 0 Å². The molecule has 0 aliphatic heterocycles. The maximum Gasteiger partial charge on any atom is 0.279 e. The van der Waals surface area contributed by atoms with Crippen LogP contribution in [0.5, 0.6) is 0 Å². The van der Waals surface area contributed by atoms with Gasteiger partial charge in [-0.3, -0.25) is 4.79 Å². The number of alkyl halides is 2. The number of nitrogen functional groups attached to an aromatic ring is 1. The van der Waals surface area contributed by atoms with Gasteiger partial charge in [-0.25, -0.2) is 22.3 Å². The highest BCUT2D eigenvalue weighted by Crippen LogP contribution is 2.26. The van der Waals surface area contributed by atoms with Gasteiger partial charge in [-0.15, -0.1) is 0 Å². The lowest BCUT2D eigenvalue weighted by Crippen LogP contribution is -2.21. The SMILES string of the molecule is Nc1cc(=O)[nH]c(C(F)F)c1S(N)(=O)=O. The molecule has 0 amide bonds. The summed E-state index contributed by atoms with van der Waals surface area (Å²) in [7, 11) is -4.40. The minimum absolute atomic E-state index is 0.600. The maximum atomic E-state index is 12.4. The molecule has 0 aromatic carbocycles. The van der Waals surface area contributed by atoms with Crippen LogP contribution >= 0.6 is 0 Å². The van der Waals surface area contributed by atoms with E-state index in [4.69, 9.17) is 5.73 Å². The van der Waals surface area contributed by atoms with E-state index in [-0.39, 0.29) is 0 Å². The van der Waals surface area contributed by atoms with Crippen molar-refractivity contribution in [3.63, 3.8) is 0 Å². The molecule has 6 nitrogen and oxygen atoms in total. The number of halogens is 2. The Balaban J connectivity index is 3.70. The van der Waals surface area contributed by atoms with Gasteiger partial charge in [0.15, 0.2) is 0 Å². The van der Waals surface area contributed by atoms with Crippen molar-refractivity contribution in [2.75, 3.05) is 5.73 Å². The van der Waals surface area contributed by atoms with E-state index >= 15 is 0 Å². The van der Waals surface area contributed by atoms with Crippen molar-refractivity contribution in [2.24, 2.45) is 5.14 Å². The summed E-state index contributed by atoms with van der Waals surface area (Å²) in [5, 5.41) is 4.68. The molecular weight excluding hydrogens is 232 g/mol. The van der Waals surface area contributed by atoms with Crippen molar-refractivity contribution >= 4 is 15.7 Å². The van der Waals surface area contributed by atoms with Gasteiger partial charge in [0.1, 0.15) is 10.6 Å². The summed E-state index contributed by atoms with van der Waals surface area (Å²) in [5.41, 5.74) is 2.52. The van der Waals surface area contributed by atoms with E-state index in [9.17, 15) is 22.0 Å². The van der Waals surface area contributed by atoms with Crippen LogP contribution in [0.25, 0.3) is 0 Å². The van der Waals surface area contributed by atoms with Gasteiger partial charge in [0.05, 0.1) is 5.69 Å². The van der Waals surface area contributed by atoms with Crippen LogP contribution in [-0.2, 0) is 10.0 Å². The van der Waals surface area contributed by atoms with Crippen molar-refractivity contribution in [1.82, 2.24) is 4.98 Å². The van der Waals surface area contributed by atoms with Gasteiger partial charge in [0, 0.05) is 6.07 Å². The Hall–Kier alpha value is -1.48. The lowest BCUT2D eigenvalue weighted by molar-refractivity contribution is 0.142. The Labute approximate surface area is 82.9 Å². The minimum atomic E-state index is -4.40. The molecule has 0 aliphatic carbocycles. The molecule has 1 heterocycles. The fourth-order valence-electron chi connectivity index (χ4n) is 1.06. The first-order valence-corrected chi connectivity index (χ1v) is 5.11. The molecule has 0 spiro atoms. The highest BCUT2D eigenvalue weighted by atomic mass is 32.2. The zero-order valence-corrected chi connectivity index (χ0v) is 8.01. The molecule has 9 heteroatoms. The van der Waals surface area contributed by atoms with E-state index in [1.54, 1.807) is 4.98 Å². The minimum Gasteiger partial charge on any atom is -0.397 e. The van der Waals surface area contributed by atoms with E-state index in [1.807, 2.05) is 0 Å². The first-order chi connectivity index (χ1) is 6.73. The maximum absolute atomic E-state index is 12.4. The number of anilines is 1. The number of hydrogen-bond donors (Lipinski definition) is 3. The molecule has 0 unspecified atom stereocenters. The highest BCUT2D eigenvalue weighted by Gasteiger charge is 2.24. The largest absolute Gasteiger partial charge is 0.397 e. The van der Waals surface area contributed by atoms with E-state index in [2.05, 4.69) is 5.14 Å². The molecule has 5 N–H and O–H groups in total. The van der Waals surface area contributed by atoms with Crippen molar-refractivity contribution in [1.29, 1.82) is 0 Å². The summed E-state index contributed by atoms with van der Waals surface area (Å²) in [5.74, 6) is 0. The van der Waals surface area contributed by atoms with Crippen molar-refractivity contribution in [3.05, 3.63) is 22.1 Å². The quantitative estimate of drug-likeness (QED) is 0.647. The number of pyridine rings is 1. The molecule has 0 fully saturated rings. The monoisotopic (exact) mass is 239 g/mol. The fourth-order valence-corrected chi connectivity index (χ4v) is 1.89. The summed E-state index contributed by atoms with van der Waals surface area (Å²) in [6, 6.07) is 0.672. The zero-order chi connectivity index (χ0) is 11.8. The summed E-state index contributed by atoms with van der Waals surface area (Å²) >= 11 is 0. The van der Waals surface area contributed by atoms with Crippen LogP contribution in [0.2, 0.25) is 0 Å². The Bertz CT molecular complexity index is 537. The molecule has 0 atom stereocenters. The number of aromatic nitrogens is 1. The molecule has 1 aromatic rings. The summed E-state index contributed by atoms with van der Waals surface area (Å²) < 4.78 is 46.6. The normalized spacial score (nSPS) is 12.0. The van der Waals surface area contributed by atoms with Crippen LogP contribution in [0.3, 0.4) is 0 Å². The number of nitrogens with two attached hydrogens (primary N) is 2. The van der Waals surface area contributed by atoms with Crippen molar-refractivity contribution in [3.8, 4) is 0 Å². The summed E-state index contributed by atoms with van der Waals surface area (Å²) in [6.07, 6.45) is -3.19. The third-order valence-electron chi connectivity index (χ3n) is 1.55. The molecule has 0 bridgehead atoms. The van der Waals surface area contributed by atoms with Gasteiger partial charge in [-0.2, -0.15) is 0 Å². The van der Waals surface area contributed by atoms with Crippen molar-refractivity contribution < 1.29 is 17.2 Å². The number of H-pyrrole nitrogens is 1. The lowest BCUT2D eigenvalue weighted by Gasteiger charge is -2.08. The lowest BCUT2D eigenvalue weighted by atomic mass is 10.3. The average molecular weight is 239 g/mol. The molecular formula is C6H7F2N3O3S. The van der Waals surface area contributed by atoms with E-state index in [0.29, 0.717) is 6.07 Å². The van der Waals surface area contributed by atoms with Crippen LogP contribution in [-0.4, -0.2) is 13.4 Å². The number of rotatable bonds is 2. The molecule has 15 heavy (non-hydrogen) atoms. The van der Waals surface area contributed by atoms with E-state index in [0.717, 1.165) is 0 Å². The van der Waals surface area contributed by atoms with E-state index < -0.39 is 38.3 Å². The van der Waals surface area contributed by atoms with Gasteiger partial charge in [0.2, 0.25) is 15.6 Å². The second kappa shape index (κ2) is 3.59. The van der Waals surface area contributed by atoms with Crippen LogP contribution in [0.15, 0.2) is 15.8 Å². The number of nitrogens with one attached hydrogen (secondary N) is 1. The van der Waals surface area contributed by atoms with Gasteiger partial charge < -0.3 is 10.7 Å². The summed E-state index contributed by atoms with van der Waals surface area (Å²) in [4.78, 5) is 11.5. The first-order valence-electron chi connectivity index (χ1n) is 3.57. The van der Waals surface area contributed by atoms with Crippen LogP contribution < -0.4 is 16.4 Å². The second-order valence-electron chi connectivity index (χ2n) is 2.68. The Kier molecular flexibility index (Phi) is 2.77. The Morgan fingerprint density at radius 1 is 1.40 bits per heavy atom. The number of aromatic amines is 1. The van der Waals surface area contributed by atoms with Crippen LogP contribution in [0.1, 0.15) is 12.1 Å². The number of hydrogen-bond acceptors (Lipinski definition) is 4. The van der Waals surface area contributed by atoms with Gasteiger partial charge in [-0.1, -0.05) is 0 Å². The standard InChI is InChI=1S/C6H7F2N3O3S/c7-6(8)4-5(15(10,13)14)2(9)1-3(12)11-4/h1,6H,(H3,9,11,12)(H2,10,13,14). The third kappa shape index (κ3) is 2.30. The average Bonchev–Trinajstić information content (AvgIpc) is 1.99. The smallest absolute Gasteiger partial charge is 0.279 e. The third-order valence-corrected chi connectivity index (χ3v) is 2.58. The Morgan fingerprint density at radius 3 is 2.33 bits per heavy atom.